The van der Waals surface area contributed by atoms with Gasteiger partial charge in [-0.05, 0) is 30.6 Å². The number of fused-ring (bicyclic) bond motifs is 1. The topological polar surface area (TPSA) is 38.7 Å². The molecule has 0 saturated heterocycles. The van der Waals surface area contributed by atoms with Gasteiger partial charge in [-0.25, -0.2) is 0 Å². The highest BCUT2D eigenvalue weighted by molar-refractivity contribution is 7.80. The molecule has 0 aliphatic rings. The molecule has 0 radical (unpaired) electrons. The number of hydrogen-bond donors (Lipinski definition) is 1. The molecule has 0 atom stereocenters. The third-order valence-electron chi connectivity index (χ3n) is 2.80. The van der Waals surface area contributed by atoms with Crippen LogP contribution < -0.4 is 0 Å². The number of thiol groups is 1. The number of aryl methyl sites for hydroxylation is 1. The van der Waals surface area contributed by atoms with E-state index < -0.39 is 0 Å². The van der Waals surface area contributed by atoms with Crippen LogP contribution in [0.25, 0.3) is 10.8 Å². The maximum Gasteiger partial charge on any atom is 0.0750 e. The van der Waals surface area contributed by atoms with Crippen LogP contribution in [0.2, 0.25) is 0 Å². The molecule has 2 aromatic heterocycles. The van der Waals surface area contributed by atoms with E-state index in [2.05, 4.69) is 41.7 Å². The van der Waals surface area contributed by atoms with Crippen LogP contribution >= 0.6 is 12.6 Å². The van der Waals surface area contributed by atoms with Gasteiger partial charge in [0.05, 0.1) is 11.4 Å². The summed E-state index contributed by atoms with van der Waals surface area (Å²) in [6.45, 7) is 4.26. The molecule has 4 heteroatoms. The molecule has 0 saturated carbocycles. The Morgan fingerprint density at radius 3 is 2.76 bits per heavy atom. The Kier molecular flexibility index (Phi) is 3.94. The molecular formula is C13H17N3S. The Bertz CT molecular complexity index is 511. The molecule has 2 rings (SSSR count). The molecule has 0 aliphatic heterocycles. The van der Waals surface area contributed by atoms with Crippen LogP contribution in [-0.4, -0.2) is 20.9 Å². The van der Waals surface area contributed by atoms with Crippen molar-refractivity contribution in [1.82, 2.24) is 15.2 Å². The van der Waals surface area contributed by atoms with Gasteiger partial charge in [0.15, 0.2) is 0 Å². The summed E-state index contributed by atoms with van der Waals surface area (Å²) in [7, 11) is 0. The van der Waals surface area contributed by atoms with Crippen molar-refractivity contribution >= 4 is 23.4 Å². The van der Waals surface area contributed by atoms with E-state index in [1.807, 2.05) is 18.5 Å². The van der Waals surface area contributed by atoms with E-state index in [4.69, 9.17) is 0 Å². The average molecular weight is 247 g/mol. The van der Waals surface area contributed by atoms with Crippen LogP contribution in [-0.2, 0) is 6.42 Å². The van der Waals surface area contributed by atoms with Crippen molar-refractivity contribution in [2.24, 2.45) is 0 Å². The van der Waals surface area contributed by atoms with Gasteiger partial charge in [-0.3, -0.25) is 4.98 Å². The van der Waals surface area contributed by atoms with Gasteiger partial charge in [0.2, 0.25) is 0 Å². The summed E-state index contributed by atoms with van der Waals surface area (Å²) in [4.78, 5) is 4.19. The van der Waals surface area contributed by atoms with Crippen LogP contribution in [0.1, 0.15) is 37.6 Å². The first kappa shape index (κ1) is 12.3. The number of aromatic nitrogens is 3. The van der Waals surface area contributed by atoms with E-state index >= 15 is 0 Å². The number of pyridine rings is 1. The summed E-state index contributed by atoms with van der Waals surface area (Å²) in [5.74, 6) is 1.24. The zero-order valence-electron chi connectivity index (χ0n) is 10.2. The summed E-state index contributed by atoms with van der Waals surface area (Å²) in [5.41, 5.74) is 2.09. The molecule has 0 fully saturated rings. The average Bonchev–Trinajstić information content (AvgIpc) is 2.35. The highest BCUT2D eigenvalue weighted by Crippen LogP contribution is 2.24. The Morgan fingerprint density at radius 2 is 2.06 bits per heavy atom. The lowest BCUT2D eigenvalue weighted by Gasteiger charge is -2.10. The van der Waals surface area contributed by atoms with Crippen molar-refractivity contribution < 1.29 is 0 Å². The quantitative estimate of drug-likeness (QED) is 0.844. The second-order valence-corrected chi connectivity index (χ2v) is 4.88. The van der Waals surface area contributed by atoms with Crippen LogP contribution in [0.3, 0.4) is 0 Å². The minimum atomic E-state index is 0.369. The van der Waals surface area contributed by atoms with Crippen molar-refractivity contribution in [2.45, 2.75) is 32.6 Å². The van der Waals surface area contributed by atoms with Crippen LogP contribution in [0, 0.1) is 0 Å². The molecule has 0 aliphatic carbocycles. The summed E-state index contributed by atoms with van der Waals surface area (Å²) in [6, 6.07) is 2.03. The van der Waals surface area contributed by atoms with E-state index in [-0.39, 0.29) is 0 Å². The minimum Gasteiger partial charge on any atom is -0.264 e. The zero-order chi connectivity index (χ0) is 12.3. The SMILES string of the molecule is CC(C)c1nnc(CCCS)c2ccncc12. The van der Waals surface area contributed by atoms with Crippen molar-refractivity contribution in [3.05, 3.63) is 29.8 Å². The number of rotatable bonds is 4. The fraction of sp³-hybridized carbons (Fsp3) is 0.462. The van der Waals surface area contributed by atoms with Crippen molar-refractivity contribution in [3.8, 4) is 0 Å². The first-order chi connectivity index (χ1) is 8.24. The van der Waals surface area contributed by atoms with E-state index in [1.165, 1.54) is 5.39 Å². The molecule has 0 N–H and O–H groups in total. The van der Waals surface area contributed by atoms with Gasteiger partial charge in [0, 0.05) is 23.2 Å². The van der Waals surface area contributed by atoms with E-state index in [0.717, 1.165) is 35.4 Å². The molecule has 0 spiro atoms. The molecule has 2 heterocycles. The van der Waals surface area contributed by atoms with Gasteiger partial charge in [-0.2, -0.15) is 22.8 Å². The van der Waals surface area contributed by atoms with Crippen molar-refractivity contribution in [2.75, 3.05) is 5.75 Å². The summed E-state index contributed by atoms with van der Waals surface area (Å²) < 4.78 is 0. The van der Waals surface area contributed by atoms with Gasteiger partial charge in [0.25, 0.3) is 0 Å². The summed E-state index contributed by atoms with van der Waals surface area (Å²) >= 11 is 4.24. The summed E-state index contributed by atoms with van der Waals surface area (Å²) in [6.07, 6.45) is 5.66. The lowest BCUT2D eigenvalue weighted by molar-refractivity contribution is 0.773. The highest BCUT2D eigenvalue weighted by atomic mass is 32.1. The lowest BCUT2D eigenvalue weighted by Crippen LogP contribution is -2.02. The maximum atomic E-state index is 4.35. The van der Waals surface area contributed by atoms with Gasteiger partial charge in [-0.15, -0.1) is 0 Å². The third-order valence-corrected chi connectivity index (χ3v) is 3.12. The standard InChI is InChI=1S/C13H17N3S/c1-9(2)13-11-8-14-6-5-10(11)12(15-16-13)4-3-7-17/h5-6,8-9,17H,3-4,7H2,1-2H3. The largest absolute Gasteiger partial charge is 0.264 e. The smallest absolute Gasteiger partial charge is 0.0750 e. The van der Waals surface area contributed by atoms with E-state index in [9.17, 15) is 0 Å². The van der Waals surface area contributed by atoms with Gasteiger partial charge in [-0.1, -0.05) is 13.8 Å². The predicted octanol–water partition coefficient (Wildman–Crippen LogP) is 3.01. The maximum absolute atomic E-state index is 4.35. The summed E-state index contributed by atoms with van der Waals surface area (Å²) in [5, 5.41) is 11.0. The fourth-order valence-corrected chi connectivity index (χ4v) is 2.09. The molecule has 2 aromatic rings. The monoisotopic (exact) mass is 247 g/mol. The zero-order valence-corrected chi connectivity index (χ0v) is 11.1. The highest BCUT2D eigenvalue weighted by Gasteiger charge is 2.11. The first-order valence-corrected chi connectivity index (χ1v) is 6.57. The molecular weight excluding hydrogens is 230 g/mol. The molecule has 90 valence electrons. The van der Waals surface area contributed by atoms with E-state index in [1.54, 1.807) is 0 Å². The number of nitrogens with zero attached hydrogens (tertiary/aromatic N) is 3. The fourth-order valence-electron chi connectivity index (χ4n) is 1.93. The van der Waals surface area contributed by atoms with Crippen LogP contribution in [0.5, 0.6) is 0 Å². The Morgan fingerprint density at radius 1 is 1.24 bits per heavy atom. The Labute approximate surface area is 107 Å². The predicted molar refractivity (Wildman–Crippen MR) is 73.6 cm³/mol. The van der Waals surface area contributed by atoms with Crippen molar-refractivity contribution in [1.29, 1.82) is 0 Å². The number of hydrogen-bond acceptors (Lipinski definition) is 4. The Balaban J connectivity index is 2.54. The van der Waals surface area contributed by atoms with Crippen molar-refractivity contribution in [3.63, 3.8) is 0 Å². The Hall–Kier alpha value is -1.16. The third kappa shape index (κ3) is 2.57. The first-order valence-electron chi connectivity index (χ1n) is 5.94. The van der Waals surface area contributed by atoms with Crippen LogP contribution in [0.15, 0.2) is 18.5 Å². The van der Waals surface area contributed by atoms with Crippen LogP contribution in [0.4, 0.5) is 0 Å². The molecule has 0 bridgehead atoms. The van der Waals surface area contributed by atoms with Gasteiger partial charge < -0.3 is 0 Å². The second-order valence-electron chi connectivity index (χ2n) is 4.44. The normalized spacial score (nSPS) is 11.3. The minimum absolute atomic E-state index is 0.369. The molecule has 17 heavy (non-hydrogen) atoms. The molecule has 0 amide bonds. The molecule has 0 unspecified atom stereocenters. The van der Waals surface area contributed by atoms with Gasteiger partial charge in [0.1, 0.15) is 0 Å². The molecule has 0 aromatic carbocycles. The van der Waals surface area contributed by atoms with E-state index in [0.29, 0.717) is 5.92 Å². The lowest BCUT2D eigenvalue weighted by atomic mass is 10.0. The second kappa shape index (κ2) is 5.45. The van der Waals surface area contributed by atoms with Gasteiger partial charge >= 0.3 is 0 Å². The molecule has 3 nitrogen and oxygen atoms in total.